The molecule has 0 fully saturated rings. The second-order valence-corrected chi connectivity index (χ2v) is 7.10. The van der Waals surface area contributed by atoms with Crippen LogP contribution in [0.5, 0.6) is 0 Å². The van der Waals surface area contributed by atoms with Crippen molar-refractivity contribution in [1.82, 2.24) is 4.90 Å². The highest BCUT2D eigenvalue weighted by atomic mass is 32.1. The average molecular weight is 404 g/mol. The molecule has 0 saturated heterocycles. The Labute approximate surface area is 168 Å². The van der Waals surface area contributed by atoms with Gasteiger partial charge < -0.3 is 14.8 Å². The van der Waals surface area contributed by atoms with Crippen LogP contribution >= 0.6 is 11.3 Å². The van der Waals surface area contributed by atoms with Crippen LogP contribution in [0.3, 0.4) is 0 Å². The van der Waals surface area contributed by atoms with E-state index >= 15 is 0 Å². The molecule has 0 radical (unpaired) electrons. The summed E-state index contributed by atoms with van der Waals surface area (Å²) in [7, 11) is 2.52. The van der Waals surface area contributed by atoms with Gasteiger partial charge in [0.2, 0.25) is 5.91 Å². The lowest BCUT2D eigenvalue weighted by atomic mass is 10.1. The number of likely N-dealkylation sites (N-methyl/N-ethyl adjacent to an activating group) is 1. The van der Waals surface area contributed by atoms with Crippen LogP contribution < -0.4 is 5.32 Å². The number of anilines is 1. The van der Waals surface area contributed by atoms with Crippen LogP contribution in [0.15, 0.2) is 30.3 Å². The van der Waals surface area contributed by atoms with E-state index in [-0.39, 0.29) is 27.9 Å². The summed E-state index contributed by atoms with van der Waals surface area (Å²) < 4.78 is 9.55. The standard InChI is InChI=1S/C20H24N2O5S/c1-5-22(11-14-9-7-6-8-10-14)12-15(23)21-18-16(19(24)26-3)13(2)17(28-18)20(25)27-4/h6-10H,5,11-12H2,1-4H3,(H,21,23). The maximum atomic E-state index is 12.6. The van der Waals surface area contributed by atoms with Gasteiger partial charge in [-0.3, -0.25) is 9.69 Å². The minimum absolute atomic E-state index is 0.149. The molecule has 2 aromatic rings. The molecule has 0 saturated carbocycles. The number of amides is 1. The Bertz CT molecular complexity index is 848. The Morgan fingerprint density at radius 2 is 1.71 bits per heavy atom. The smallest absolute Gasteiger partial charge is 0.348 e. The van der Waals surface area contributed by atoms with Gasteiger partial charge in [0, 0.05) is 6.54 Å². The first-order valence-corrected chi connectivity index (χ1v) is 9.59. The summed E-state index contributed by atoms with van der Waals surface area (Å²) >= 11 is 1.00. The van der Waals surface area contributed by atoms with Crippen molar-refractivity contribution in [3.8, 4) is 0 Å². The zero-order chi connectivity index (χ0) is 20.7. The molecular formula is C20H24N2O5S. The van der Waals surface area contributed by atoms with Gasteiger partial charge in [-0.2, -0.15) is 0 Å². The topological polar surface area (TPSA) is 84.9 Å². The molecular weight excluding hydrogens is 380 g/mol. The second kappa shape index (κ2) is 10.0. The number of carbonyl (C=O) groups excluding carboxylic acids is 3. The van der Waals surface area contributed by atoms with E-state index in [0.717, 1.165) is 16.9 Å². The highest BCUT2D eigenvalue weighted by molar-refractivity contribution is 7.18. The predicted octanol–water partition coefficient (Wildman–Crippen LogP) is 3.09. The van der Waals surface area contributed by atoms with Crippen LogP contribution in [0.2, 0.25) is 0 Å². The number of ether oxygens (including phenoxy) is 2. The molecule has 0 aliphatic rings. The molecule has 0 atom stereocenters. The number of hydrogen-bond donors (Lipinski definition) is 1. The largest absolute Gasteiger partial charge is 0.465 e. The van der Waals surface area contributed by atoms with Crippen LogP contribution in [0.1, 0.15) is 38.1 Å². The molecule has 0 bridgehead atoms. The summed E-state index contributed by atoms with van der Waals surface area (Å²) in [5.41, 5.74) is 1.70. The van der Waals surface area contributed by atoms with E-state index in [1.165, 1.54) is 14.2 Å². The summed E-state index contributed by atoms with van der Waals surface area (Å²) in [5, 5.41) is 3.03. The Balaban J connectivity index is 2.17. The Kier molecular flexibility index (Phi) is 7.71. The fourth-order valence-electron chi connectivity index (χ4n) is 2.73. The molecule has 1 heterocycles. The van der Waals surface area contributed by atoms with Crippen molar-refractivity contribution in [2.45, 2.75) is 20.4 Å². The SMILES string of the molecule is CCN(CC(=O)Nc1sc(C(=O)OC)c(C)c1C(=O)OC)Cc1ccccc1. The summed E-state index contributed by atoms with van der Waals surface area (Å²) in [4.78, 5) is 38.9. The number of carbonyl (C=O) groups is 3. The van der Waals surface area contributed by atoms with Crippen LogP contribution in [-0.4, -0.2) is 50.1 Å². The molecule has 0 spiro atoms. The maximum absolute atomic E-state index is 12.6. The molecule has 0 aliphatic heterocycles. The van der Waals surface area contributed by atoms with Gasteiger partial charge in [-0.1, -0.05) is 37.3 Å². The quantitative estimate of drug-likeness (QED) is 0.681. The van der Waals surface area contributed by atoms with E-state index in [9.17, 15) is 14.4 Å². The van der Waals surface area contributed by atoms with Gasteiger partial charge in [0.25, 0.3) is 0 Å². The molecule has 8 heteroatoms. The minimum atomic E-state index is -0.615. The highest BCUT2D eigenvalue weighted by Gasteiger charge is 2.27. The average Bonchev–Trinajstić information content (AvgIpc) is 3.02. The lowest BCUT2D eigenvalue weighted by molar-refractivity contribution is -0.117. The first-order valence-electron chi connectivity index (χ1n) is 8.77. The monoisotopic (exact) mass is 404 g/mol. The third-order valence-electron chi connectivity index (χ3n) is 4.22. The first-order chi connectivity index (χ1) is 13.4. The maximum Gasteiger partial charge on any atom is 0.348 e. The van der Waals surface area contributed by atoms with Crippen LogP contribution in [0.25, 0.3) is 0 Å². The van der Waals surface area contributed by atoms with Crippen LogP contribution in [0.4, 0.5) is 5.00 Å². The van der Waals surface area contributed by atoms with Gasteiger partial charge in [-0.05, 0) is 24.6 Å². The Hall–Kier alpha value is -2.71. The number of hydrogen-bond acceptors (Lipinski definition) is 7. The van der Waals surface area contributed by atoms with E-state index in [0.29, 0.717) is 18.7 Å². The van der Waals surface area contributed by atoms with Crippen molar-refractivity contribution in [1.29, 1.82) is 0 Å². The van der Waals surface area contributed by atoms with E-state index in [4.69, 9.17) is 9.47 Å². The number of esters is 2. The molecule has 1 N–H and O–H groups in total. The summed E-state index contributed by atoms with van der Waals surface area (Å²) in [6.07, 6.45) is 0. The van der Waals surface area contributed by atoms with Crippen molar-refractivity contribution in [2.75, 3.05) is 32.6 Å². The number of rotatable bonds is 8. The molecule has 7 nitrogen and oxygen atoms in total. The third kappa shape index (κ3) is 5.17. The number of nitrogens with zero attached hydrogens (tertiary/aromatic N) is 1. The minimum Gasteiger partial charge on any atom is -0.465 e. The van der Waals surface area contributed by atoms with Gasteiger partial charge in [0.05, 0.1) is 26.3 Å². The van der Waals surface area contributed by atoms with Gasteiger partial charge >= 0.3 is 11.9 Å². The molecule has 150 valence electrons. The van der Waals surface area contributed by atoms with Gasteiger partial charge in [-0.15, -0.1) is 11.3 Å². The van der Waals surface area contributed by atoms with Gasteiger partial charge in [-0.25, -0.2) is 9.59 Å². The number of benzene rings is 1. The van der Waals surface area contributed by atoms with E-state index < -0.39 is 11.9 Å². The molecule has 2 rings (SSSR count). The molecule has 1 aromatic carbocycles. The van der Waals surface area contributed by atoms with Crippen LogP contribution in [0, 0.1) is 6.92 Å². The summed E-state index contributed by atoms with van der Waals surface area (Å²) in [6.45, 7) is 5.06. The molecule has 1 aromatic heterocycles. The molecule has 0 unspecified atom stereocenters. The Morgan fingerprint density at radius 3 is 2.29 bits per heavy atom. The van der Waals surface area contributed by atoms with Crippen molar-refractivity contribution in [3.05, 3.63) is 51.9 Å². The number of nitrogens with one attached hydrogen (secondary N) is 1. The molecule has 28 heavy (non-hydrogen) atoms. The zero-order valence-electron chi connectivity index (χ0n) is 16.4. The number of thiophene rings is 1. The van der Waals surface area contributed by atoms with Crippen LogP contribution in [-0.2, 0) is 20.8 Å². The summed E-state index contributed by atoms with van der Waals surface area (Å²) in [6, 6.07) is 9.85. The van der Waals surface area contributed by atoms with E-state index in [1.807, 2.05) is 42.2 Å². The van der Waals surface area contributed by atoms with Crippen molar-refractivity contribution < 1.29 is 23.9 Å². The normalized spacial score (nSPS) is 10.6. The second-order valence-electron chi connectivity index (χ2n) is 6.08. The number of methoxy groups -OCH3 is 2. The van der Waals surface area contributed by atoms with Crippen molar-refractivity contribution in [3.63, 3.8) is 0 Å². The zero-order valence-corrected chi connectivity index (χ0v) is 17.2. The van der Waals surface area contributed by atoms with Crippen molar-refractivity contribution >= 4 is 34.2 Å². The molecule has 1 amide bonds. The predicted molar refractivity (Wildman–Crippen MR) is 108 cm³/mol. The lowest BCUT2D eigenvalue weighted by Gasteiger charge is -2.19. The van der Waals surface area contributed by atoms with Gasteiger partial charge in [0.15, 0.2) is 0 Å². The Morgan fingerprint density at radius 1 is 1.07 bits per heavy atom. The third-order valence-corrected chi connectivity index (χ3v) is 5.41. The van der Waals surface area contributed by atoms with Gasteiger partial charge in [0.1, 0.15) is 9.88 Å². The summed E-state index contributed by atoms with van der Waals surface area (Å²) in [5.74, 6) is -1.45. The fourth-order valence-corrected chi connectivity index (χ4v) is 3.86. The van der Waals surface area contributed by atoms with E-state index in [2.05, 4.69) is 5.32 Å². The highest BCUT2D eigenvalue weighted by Crippen LogP contribution is 2.34. The molecule has 0 aliphatic carbocycles. The van der Waals surface area contributed by atoms with E-state index in [1.54, 1.807) is 6.92 Å². The lowest BCUT2D eigenvalue weighted by Crippen LogP contribution is -2.32. The van der Waals surface area contributed by atoms with Crippen molar-refractivity contribution in [2.24, 2.45) is 0 Å². The fraction of sp³-hybridized carbons (Fsp3) is 0.350. The first kappa shape index (κ1) is 21.6.